The van der Waals surface area contributed by atoms with Gasteiger partial charge in [-0.15, -0.1) is 11.6 Å². The van der Waals surface area contributed by atoms with Gasteiger partial charge in [0.25, 0.3) is 0 Å². The number of alkyl halides is 1. The highest BCUT2D eigenvalue weighted by Crippen LogP contribution is 2.17. The number of aryl methyl sites for hydroxylation is 1. The fraction of sp³-hybridized carbons (Fsp3) is 0.444. The van der Waals surface area contributed by atoms with E-state index in [1.54, 1.807) is 15.6 Å². The Morgan fingerprint density at radius 3 is 2.80 bits per heavy atom. The fourth-order valence-electron chi connectivity index (χ4n) is 1.28. The van der Waals surface area contributed by atoms with Gasteiger partial charge in [-0.25, -0.2) is 4.98 Å². The lowest BCUT2D eigenvalue weighted by Crippen LogP contribution is -2.07. The summed E-state index contributed by atoms with van der Waals surface area (Å²) in [4.78, 5) is 4.12. The molecule has 0 aliphatic carbocycles. The third-order valence-electron chi connectivity index (χ3n) is 2.22. The third-order valence-corrected chi connectivity index (χ3v) is 2.47. The minimum Gasteiger partial charge on any atom is -0.265 e. The second-order valence-corrected chi connectivity index (χ2v) is 4.04. The number of hydrogen-bond donors (Lipinski definition) is 0. The fourth-order valence-corrected chi connectivity index (χ4v) is 1.39. The SMILES string of the molecule is CC(Cl)c1cnn(Cc2ncnn2C)c1. The van der Waals surface area contributed by atoms with Gasteiger partial charge in [-0.3, -0.25) is 9.36 Å². The smallest absolute Gasteiger partial charge is 0.148 e. The third kappa shape index (κ3) is 2.18. The highest BCUT2D eigenvalue weighted by molar-refractivity contribution is 6.20. The Hall–Kier alpha value is -1.36. The van der Waals surface area contributed by atoms with Gasteiger partial charge in [0, 0.05) is 18.8 Å². The number of hydrogen-bond acceptors (Lipinski definition) is 3. The molecular weight excluding hydrogens is 214 g/mol. The van der Waals surface area contributed by atoms with E-state index in [9.17, 15) is 0 Å². The Labute approximate surface area is 92.7 Å². The molecular formula is C9H12ClN5. The molecule has 0 bridgehead atoms. The van der Waals surface area contributed by atoms with Crippen molar-refractivity contribution in [3.05, 3.63) is 30.1 Å². The van der Waals surface area contributed by atoms with Gasteiger partial charge in [-0.05, 0) is 6.92 Å². The van der Waals surface area contributed by atoms with Crippen LogP contribution in [0.3, 0.4) is 0 Å². The molecule has 0 saturated carbocycles. The van der Waals surface area contributed by atoms with Crippen molar-refractivity contribution in [2.24, 2.45) is 7.05 Å². The second-order valence-electron chi connectivity index (χ2n) is 3.39. The topological polar surface area (TPSA) is 48.5 Å². The van der Waals surface area contributed by atoms with Crippen LogP contribution in [0.2, 0.25) is 0 Å². The zero-order valence-electron chi connectivity index (χ0n) is 8.63. The van der Waals surface area contributed by atoms with E-state index in [1.165, 1.54) is 6.33 Å². The minimum atomic E-state index is -0.0155. The molecule has 2 aromatic heterocycles. The van der Waals surface area contributed by atoms with Crippen molar-refractivity contribution in [1.82, 2.24) is 24.5 Å². The number of halogens is 1. The first kappa shape index (κ1) is 10.2. The van der Waals surface area contributed by atoms with Gasteiger partial charge in [0.1, 0.15) is 18.7 Å². The molecule has 2 rings (SSSR count). The van der Waals surface area contributed by atoms with Crippen LogP contribution in [0.1, 0.15) is 23.7 Å². The van der Waals surface area contributed by atoms with E-state index in [0.717, 1.165) is 11.4 Å². The number of aromatic nitrogens is 5. The molecule has 0 fully saturated rings. The van der Waals surface area contributed by atoms with Gasteiger partial charge in [0.2, 0.25) is 0 Å². The minimum absolute atomic E-state index is 0.0155. The van der Waals surface area contributed by atoms with E-state index in [0.29, 0.717) is 6.54 Å². The maximum Gasteiger partial charge on any atom is 0.148 e. The van der Waals surface area contributed by atoms with Crippen LogP contribution < -0.4 is 0 Å². The largest absolute Gasteiger partial charge is 0.265 e. The maximum atomic E-state index is 5.94. The van der Waals surface area contributed by atoms with Gasteiger partial charge in [0.15, 0.2) is 0 Å². The van der Waals surface area contributed by atoms with E-state index in [2.05, 4.69) is 15.2 Å². The summed E-state index contributed by atoms with van der Waals surface area (Å²) >= 11 is 5.94. The van der Waals surface area contributed by atoms with Crippen molar-refractivity contribution < 1.29 is 0 Å². The molecule has 5 nitrogen and oxygen atoms in total. The summed E-state index contributed by atoms with van der Waals surface area (Å²) in [6.45, 7) is 2.53. The van der Waals surface area contributed by atoms with Crippen LogP contribution >= 0.6 is 11.6 Å². The average molecular weight is 226 g/mol. The highest BCUT2D eigenvalue weighted by atomic mass is 35.5. The van der Waals surface area contributed by atoms with Gasteiger partial charge < -0.3 is 0 Å². The second kappa shape index (κ2) is 4.02. The van der Waals surface area contributed by atoms with Crippen molar-refractivity contribution in [2.45, 2.75) is 18.8 Å². The molecule has 0 aliphatic heterocycles. The van der Waals surface area contributed by atoms with Crippen LogP contribution in [0.5, 0.6) is 0 Å². The molecule has 0 saturated heterocycles. The molecule has 0 N–H and O–H groups in total. The first-order chi connectivity index (χ1) is 7.16. The van der Waals surface area contributed by atoms with Crippen LogP contribution in [-0.4, -0.2) is 24.5 Å². The predicted octanol–water partition coefficient (Wildman–Crippen LogP) is 1.36. The summed E-state index contributed by atoms with van der Waals surface area (Å²) in [6.07, 6.45) is 5.23. The molecule has 1 unspecified atom stereocenters. The quantitative estimate of drug-likeness (QED) is 0.742. The summed E-state index contributed by atoms with van der Waals surface area (Å²) in [6, 6.07) is 0. The van der Waals surface area contributed by atoms with Crippen molar-refractivity contribution >= 4 is 11.6 Å². The standard InChI is InChI=1S/C9H12ClN5/c1-7(10)8-3-12-15(4-8)5-9-11-6-13-14(9)2/h3-4,6-7H,5H2,1-2H3. The Morgan fingerprint density at radius 1 is 1.47 bits per heavy atom. The normalized spacial score (nSPS) is 13.0. The molecule has 2 aromatic rings. The summed E-state index contributed by atoms with van der Waals surface area (Å²) in [7, 11) is 1.86. The van der Waals surface area contributed by atoms with Crippen LogP contribution in [-0.2, 0) is 13.6 Å². The van der Waals surface area contributed by atoms with Crippen molar-refractivity contribution in [1.29, 1.82) is 0 Å². The molecule has 0 radical (unpaired) electrons. The zero-order chi connectivity index (χ0) is 10.8. The first-order valence-corrected chi connectivity index (χ1v) is 5.10. The monoisotopic (exact) mass is 225 g/mol. The zero-order valence-corrected chi connectivity index (χ0v) is 9.39. The Balaban J connectivity index is 2.15. The van der Waals surface area contributed by atoms with Gasteiger partial charge in [0.05, 0.1) is 11.6 Å². The van der Waals surface area contributed by atoms with Gasteiger partial charge in [-0.1, -0.05) is 0 Å². The van der Waals surface area contributed by atoms with Gasteiger partial charge in [-0.2, -0.15) is 10.2 Å². The molecule has 0 spiro atoms. The number of nitrogens with zero attached hydrogens (tertiary/aromatic N) is 5. The molecule has 0 aliphatic rings. The summed E-state index contributed by atoms with van der Waals surface area (Å²) in [5, 5.41) is 8.18. The average Bonchev–Trinajstić information content (AvgIpc) is 2.77. The molecule has 0 aromatic carbocycles. The van der Waals surface area contributed by atoms with Crippen LogP contribution in [0, 0.1) is 0 Å². The molecule has 1 atom stereocenters. The van der Waals surface area contributed by atoms with E-state index in [1.807, 2.05) is 20.2 Å². The molecule has 80 valence electrons. The van der Waals surface area contributed by atoms with Crippen molar-refractivity contribution in [2.75, 3.05) is 0 Å². The lowest BCUT2D eigenvalue weighted by molar-refractivity contribution is 0.607. The highest BCUT2D eigenvalue weighted by Gasteiger charge is 2.06. The van der Waals surface area contributed by atoms with Crippen molar-refractivity contribution in [3.8, 4) is 0 Å². The van der Waals surface area contributed by atoms with E-state index < -0.39 is 0 Å². The first-order valence-electron chi connectivity index (χ1n) is 4.66. The Morgan fingerprint density at radius 2 is 2.27 bits per heavy atom. The molecule has 6 heteroatoms. The van der Waals surface area contributed by atoms with Crippen LogP contribution in [0.25, 0.3) is 0 Å². The summed E-state index contributed by atoms with van der Waals surface area (Å²) < 4.78 is 3.53. The number of rotatable bonds is 3. The lowest BCUT2D eigenvalue weighted by Gasteiger charge is -2.00. The lowest BCUT2D eigenvalue weighted by atomic mass is 10.3. The van der Waals surface area contributed by atoms with Crippen LogP contribution in [0.15, 0.2) is 18.7 Å². The Bertz CT molecular complexity index is 445. The van der Waals surface area contributed by atoms with E-state index >= 15 is 0 Å². The van der Waals surface area contributed by atoms with Gasteiger partial charge >= 0.3 is 0 Å². The Kier molecular flexibility index (Phi) is 2.73. The van der Waals surface area contributed by atoms with E-state index in [-0.39, 0.29) is 5.38 Å². The van der Waals surface area contributed by atoms with Crippen LogP contribution in [0.4, 0.5) is 0 Å². The predicted molar refractivity (Wildman–Crippen MR) is 56.6 cm³/mol. The van der Waals surface area contributed by atoms with E-state index in [4.69, 9.17) is 11.6 Å². The maximum absolute atomic E-state index is 5.94. The molecule has 2 heterocycles. The summed E-state index contributed by atoms with van der Waals surface area (Å²) in [5.41, 5.74) is 1.01. The summed E-state index contributed by atoms with van der Waals surface area (Å²) in [5.74, 6) is 0.867. The molecule has 15 heavy (non-hydrogen) atoms. The van der Waals surface area contributed by atoms with Crippen molar-refractivity contribution in [3.63, 3.8) is 0 Å². The molecule has 0 amide bonds.